The topological polar surface area (TPSA) is 41.6 Å². The van der Waals surface area contributed by atoms with E-state index < -0.39 is 0 Å². The summed E-state index contributed by atoms with van der Waals surface area (Å²) in [6, 6.07) is 2.29. The van der Waals surface area contributed by atoms with Crippen LogP contribution in [0.4, 0.5) is 0 Å². The summed E-state index contributed by atoms with van der Waals surface area (Å²) in [6.07, 6.45) is 1.11. The Bertz CT molecular complexity index is 407. The van der Waals surface area contributed by atoms with Crippen LogP contribution in [0.25, 0.3) is 0 Å². The Labute approximate surface area is 105 Å². The zero-order valence-electron chi connectivity index (χ0n) is 9.76. The number of nitrogens with zero attached hydrogens (tertiary/aromatic N) is 1. The molecule has 3 atom stereocenters. The molecule has 2 fully saturated rings. The van der Waals surface area contributed by atoms with Gasteiger partial charge in [-0.15, -0.1) is 0 Å². The Balaban J connectivity index is 1.87. The van der Waals surface area contributed by atoms with Crippen LogP contribution in [0.3, 0.4) is 0 Å². The number of hydrogen-bond donors (Lipinski definition) is 1. The Hall–Kier alpha value is -0.910. The van der Waals surface area contributed by atoms with Crippen molar-refractivity contribution in [2.45, 2.75) is 31.7 Å². The molecule has 1 N–H and O–H groups in total. The van der Waals surface area contributed by atoms with Crippen LogP contribution in [-0.2, 0) is 9.53 Å². The normalized spacial score (nSPS) is 33.6. The zero-order valence-corrected chi connectivity index (χ0v) is 10.6. The summed E-state index contributed by atoms with van der Waals surface area (Å²) in [7, 11) is 0. The van der Waals surface area contributed by atoms with E-state index in [0.717, 1.165) is 13.0 Å². The number of thiophene rings is 1. The number of carbonyl (C=O) groups is 1. The van der Waals surface area contributed by atoms with Crippen molar-refractivity contribution in [1.29, 1.82) is 0 Å². The molecular formula is C12H16N2O2S. The molecule has 2 aliphatic heterocycles. The van der Waals surface area contributed by atoms with Crippen molar-refractivity contribution in [3.63, 3.8) is 0 Å². The van der Waals surface area contributed by atoms with E-state index in [1.807, 2.05) is 17.2 Å². The van der Waals surface area contributed by atoms with Crippen LogP contribution in [-0.4, -0.2) is 36.1 Å². The maximum absolute atomic E-state index is 12.0. The average molecular weight is 252 g/mol. The third-order valence-electron chi connectivity index (χ3n) is 3.57. The minimum atomic E-state index is 0.0305. The minimum absolute atomic E-state index is 0.0305. The summed E-state index contributed by atoms with van der Waals surface area (Å²) in [5, 5.41) is 7.43. The van der Waals surface area contributed by atoms with E-state index in [9.17, 15) is 4.79 Å². The van der Waals surface area contributed by atoms with Gasteiger partial charge in [-0.05, 0) is 35.7 Å². The summed E-state index contributed by atoms with van der Waals surface area (Å²) in [6.45, 7) is 3.24. The molecule has 1 amide bonds. The van der Waals surface area contributed by atoms with Crippen LogP contribution in [0.15, 0.2) is 16.8 Å². The first-order valence-corrected chi connectivity index (χ1v) is 6.90. The number of rotatable bonds is 2. The molecule has 0 aromatic carbocycles. The molecule has 17 heavy (non-hydrogen) atoms. The Kier molecular flexibility index (Phi) is 2.90. The van der Waals surface area contributed by atoms with Gasteiger partial charge in [0.2, 0.25) is 5.91 Å². The van der Waals surface area contributed by atoms with Crippen LogP contribution in [0, 0.1) is 0 Å². The second-order valence-corrected chi connectivity index (χ2v) is 5.35. The van der Waals surface area contributed by atoms with E-state index >= 15 is 0 Å². The Morgan fingerprint density at radius 3 is 3.12 bits per heavy atom. The standard InChI is InChI=1S/C12H16N2O2S/c1-8-10(2-4-16-8)14-11(15)6-13-12(14)9-3-5-17-7-9/h3,5,7-8,10,12-13H,2,4,6H2,1H3. The number of hydrogen-bond acceptors (Lipinski definition) is 4. The van der Waals surface area contributed by atoms with Gasteiger partial charge in [-0.1, -0.05) is 0 Å². The fourth-order valence-electron chi connectivity index (χ4n) is 2.69. The van der Waals surface area contributed by atoms with Gasteiger partial charge in [0.15, 0.2) is 0 Å². The Morgan fingerprint density at radius 2 is 2.47 bits per heavy atom. The van der Waals surface area contributed by atoms with E-state index in [1.54, 1.807) is 11.3 Å². The van der Waals surface area contributed by atoms with Gasteiger partial charge >= 0.3 is 0 Å². The van der Waals surface area contributed by atoms with Crippen molar-refractivity contribution in [2.75, 3.05) is 13.2 Å². The highest BCUT2D eigenvalue weighted by atomic mass is 32.1. The molecule has 3 rings (SSSR count). The van der Waals surface area contributed by atoms with Crippen LogP contribution in [0.5, 0.6) is 0 Å². The van der Waals surface area contributed by atoms with Gasteiger partial charge in [-0.3, -0.25) is 10.1 Å². The fraction of sp³-hybridized carbons (Fsp3) is 0.583. The highest BCUT2D eigenvalue weighted by Crippen LogP contribution is 2.31. The third-order valence-corrected chi connectivity index (χ3v) is 4.27. The number of ether oxygens (including phenoxy) is 1. The molecule has 2 saturated heterocycles. The lowest BCUT2D eigenvalue weighted by molar-refractivity contribution is -0.131. The van der Waals surface area contributed by atoms with Crippen molar-refractivity contribution in [2.24, 2.45) is 0 Å². The van der Waals surface area contributed by atoms with Gasteiger partial charge in [-0.25, -0.2) is 0 Å². The maximum atomic E-state index is 12.0. The first kappa shape index (κ1) is 11.2. The van der Waals surface area contributed by atoms with E-state index in [4.69, 9.17) is 4.74 Å². The smallest absolute Gasteiger partial charge is 0.238 e. The molecule has 3 heterocycles. The van der Waals surface area contributed by atoms with Gasteiger partial charge in [0, 0.05) is 6.61 Å². The quantitative estimate of drug-likeness (QED) is 0.864. The van der Waals surface area contributed by atoms with Crippen molar-refractivity contribution in [3.05, 3.63) is 22.4 Å². The first-order chi connectivity index (χ1) is 8.27. The maximum Gasteiger partial charge on any atom is 0.238 e. The van der Waals surface area contributed by atoms with Gasteiger partial charge in [0.05, 0.1) is 18.7 Å². The monoisotopic (exact) mass is 252 g/mol. The summed E-state index contributed by atoms with van der Waals surface area (Å²) < 4.78 is 5.57. The SMILES string of the molecule is CC1OCCC1N1C(=O)CNC1c1ccsc1. The van der Waals surface area contributed by atoms with E-state index in [2.05, 4.69) is 16.8 Å². The fourth-order valence-corrected chi connectivity index (χ4v) is 3.37. The average Bonchev–Trinajstić information content (AvgIpc) is 2.98. The lowest BCUT2D eigenvalue weighted by Crippen LogP contribution is -2.43. The zero-order chi connectivity index (χ0) is 11.8. The van der Waals surface area contributed by atoms with Gasteiger partial charge < -0.3 is 9.64 Å². The molecule has 1 aromatic heterocycles. The molecule has 2 aliphatic rings. The minimum Gasteiger partial charge on any atom is -0.376 e. The first-order valence-electron chi connectivity index (χ1n) is 5.95. The summed E-state index contributed by atoms with van der Waals surface area (Å²) in [5.74, 6) is 0.184. The van der Waals surface area contributed by atoms with Gasteiger partial charge in [0.1, 0.15) is 6.17 Å². The predicted molar refractivity (Wildman–Crippen MR) is 65.7 cm³/mol. The van der Waals surface area contributed by atoms with Crippen molar-refractivity contribution < 1.29 is 9.53 Å². The molecule has 3 unspecified atom stereocenters. The van der Waals surface area contributed by atoms with Crippen molar-refractivity contribution >= 4 is 17.2 Å². The lowest BCUT2D eigenvalue weighted by Gasteiger charge is -2.31. The molecule has 0 spiro atoms. The summed E-state index contributed by atoms with van der Waals surface area (Å²) >= 11 is 1.66. The van der Waals surface area contributed by atoms with Gasteiger partial charge in [0.25, 0.3) is 0 Å². The number of nitrogens with one attached hydrogen (secondary N) is 1. The summed E-state index contributed by atoms with van der Waals surface area (Å²) in [4.78, 5) is 14.0. The number of amides is 1. The van der Waals surface area contributed by atoms with E-state index in [-0.39, 0.29) is 24.2 Å². The van der Waals surface area contributed by atoms with Crippen molar-refractivity contribution in [3.8, 4) is 0 Å². The van der Waals surface area contributed by atoms with E-state index in [1.165, 1.54) is 5.56 Å². The van der Waals surface area contributed by atoms with Gasteiger partial charge in [-0.2, -0.15) is 11.3 Å². The van der Waals surface area contributed by atoms with Crippen LogP contribution in [0.1, 0.15) is 25.1 Å². The molecule has 0 bridgehead atoms. The molecule has 0 saturated carbocycles. The van der Waals surface area contributed by atoms with E-state index in [0.29, 0.717) is 6.54 Å². The van der Waals surface area contributed by atoms with Crippen LogP contribution < -0.4 is 5.32 Å². The van der Waals surface area contributed by atoms with Crippen molar-refractivity contribution in [1.82, 2.24) is 10.2 Å². The largest absolute Gasteiger partial charge is 0.376 e. The second kappa shape index (κ2) is 4.40. The molecule has 1 aromatic rings. The molecule has 0 radical (unpaired) electrons. The number of carbonyl (C=O) groups excluding carboxylic acids is 1. The Morgan fingerprint density at radius 1 is 1.59 bits per heavy atom. The molecule has 0 aliphatic carbocycles. The molecule has 92 valence electrons. The third kappa shape index (κ3) is 1.88. The molecular weight excluding hydrogens is 236 g/mol. The second-order valence-electron chi connectivity index (χ2n) is 4.57. The highest BCUT2D eigenvalue weighted by molar-refractivity contribution is 7.07. The summed E-state index contributed by atoms with van der Waals surface area (Å²) in [5.41, 5.74) is 1.18. The highest BCUT2D eigenvalue weighted by Gasteiger charge is 2.41. The molecule has 5 heteroatoms. The van der Waals surface area contributed by atoms with Crippen LogP contribution in [0.2, 0.25) is 0 Å². The predicted octanol–water partition coefficient (Wildman–Crippen LogP) is 1.36. The lowest BCUT2D eigenvalue weighted by atomic mass is 10.1. The molecule has 4 nitrogen and oxygen atoms in total. The van der Waals surface area contributed by atoms with Crippen LogP contribution >= 0.6 is 11.3 Å².